The second-order valence-electron chi connectivity index (χ2n) is 6.20. The van der Waals surface area contributed by atoms with Gasteiger partial charge in [-0.25, -0.2) is 4.98 Å². The molecule has 0 saturated heterocycles. The summed E-state index contributed by atoms with van der Waals surface area (Å²) in [6.45, 7) is 1.99. The van der Waals surface area contributed by atoms with Crippen molar-refractivity contribution in [2.75, 3.05) is 24.3 Å². The number of thiazole rings is 1. The Labute approximate surface area is 162 Å². The molecule has 1 N–H and O–H groups in total. The van der Waals surface area contributed by atoms with E-state index in [0.29, 0.717) is 17.1 Å². The number of nitrogens with one attached hydrogen (secondary N) is 1. The number of hydrogen-bond donors (Lipinski definition) is 1. The Kier molecular flexibility index (Phi) is 5.59. The molecular weight excluding hydrogens is 366 g/mol. The average molecular weight is 386 g/mol. The molecule has 0 spiro atoms. The molecule has 0 atom stereocenters. The Hall–Kier alpha value is -2.37. The molecular formula is C20H20ClN3OS. The number of aromatic nitrogens is 1. The van der Waals surface area contributed by atoms with Gasteiger partial charge in [0.2, 0.25) is 5.91 Å². The van der Waals surface area contributed by atoms with Gasteiger partial charge in [0.15, 0.2) is 0 Å². The number of hydrogen-bond acceptors (Lipinski definition) is 4. The maximum atomic E-state index is 12.4. The first-order valence-corrected chi connectivity index (χ1v) is 9.47. The zero-order valence-corrected chi connectivity index (χ0v) is 16.5. The molecule has 0 unspecified atom stereocenters. The second-order valence-corrected chi connectivity index (χ2v) is 7.67. The molecule has 0 aliphatic rings. The Morgan fingerprint density at radius 3 is 2.54 bits per heavy atom. The lowest BCUT2D eigenvalue weighted by atomic mass is 10.1. The van der Waals surface area contributed by atoms with Crippen molar-refractivity contribution < 1.29 is 4.79 Å². The lowest BCUT2D eigenvalue weighted by Crippen LogP contribution is -2.18. The molecule has 0 radical (unpaired) electrons. The highest BCUT2D eigenvalue weighted by Crippen LogP contribution is 2.32. The molecule has 0 aliphatic heterocycles. The Bertz CT molecular complexity index is 919. The second kappa shape index (κ2) is 7.89. The van der Waals surface area contributed by atoms with Gasteiger partial charge in [0.1, 0.15) is 0 Å². The van der Waals surface area contributed by atoms with Crippen LogP contribution in [0.4, 0.5) is 11.4 Å². The fourth-order valence-electron chi connectivity index (χ4n) is 2.74. The van der Waals surface area contributed by atoms with Crippen LogP contribution in [0.5, 0.6) is 0 Å². The van der Waals surface area contributed by atoms with E-state index in [4.69, 9.17) is 11.6 Å². The van der Waals surface area contributed by atoms with Crippen molar-refractivity contribution in [2.45, 2.75) is 13.3 Å². The van der Waals surface area contributed by atoms with Gasteiger partial charge >= 0.3 is 0 Å². The van der Waals surface area contributed by atoms with Crippen LogP contribution in [-0.4, -0.2) is 25.0 Å². The smallest absolute Gasteiger partial charge is 0.228 e. The minimum absolute atomic E-state index is 0.0763. The van der Waals surface area contributed by atoms with Gasteiger partial charge in [0.05, 0.1) is 33.5 Å². The van der Waals surface area contributed by atoms with Gasteiger partial charge < -0.3 is 10.2 Å². The van der Waals surface area contributed by atoms with Crippen molar-refractivity contribution in [2.24, 2.45) is 0 Å². The third-order valence-corrected chi connectivity index (χ3v) is 5.02. The van der Waals surface area contributed by atoms with Crippen LogP contribution in [0.3, 0.4) is 0 Å². The number of aryl methyl sites for hydroxylation is 1. The van der Waals surface area contributed by atoms with Gasteiger partial charge in [-0.05, 0) is 24.6 Å². The summed E-state index contributed by atoms with van der Waals surface area (Å²) in [7, 11) is 3.80. The highest BCUT2D eigenvalue weighted by molar-refractivity contribution is 7.09. The van der Waals surface area contributed by atoms with Crippen LogP contribution in [-0.2, 0) is 11.2 Å². The SMILES string of the molecule is Cc1nc(-c2ccc(CC(=O)Nc3cccc(Cl)c3N(C)C)cc2)cs1. The molecule has 26 heavy (non-hydrogen) atoms. The summed E-state index contributed by atoms with van der Waals surface area (Å²) in [6, 6.07) is 13.4. The lowest BCUT2D eigenvalue weighted by molar-refractivity contribution is -0.115. The van der Waals surface area contributed by atoms with E-state index < -0.39 is 0 Å². The highest BCUT2D eigenvalue weighted by atomic mass is 35.5. The minimum Gasteiger partial charge on any atom is -0.375 e. The van der Waals surface area contributed by atoms with Crippen LogP contribution < -0.4 is 10.2 Å². The largest absolute Gasteiger partial charge is 0.375 e. The van der Waals surface area contributed by atoms with E-state index in [0.717, 1.165) is 27.5 Å². The minimum atomic E-state index is -0.0763. The van der Waals surface area contributed by atoms with E-state index in [1.807, 2.05) is 73.8 Å². The van der Waals surface area contributed by atoms with Crippen molar-refractivity contribution in [1.29, 1.82) is 0 Å². The first-order chi connectivity index (χ1) is 12.4. The molecule has 3 rings (SSSR count). The van der Waals surface area contributed by atoms with Crippen molar-refractivity contribution in [3.8, 4) is 11.3 Å². The van der Waals surface area contributed by atoms with E-state index in [2.05, 4.69) is 10.3 Å². The maximum Gasteiger partial charge on any atom is 0.228 e. The third kappa shape index (κ3) is 4.23. The molecule has 4 nitrogen and oxygen atoms in total. The fourth-order valence-corrected chi connectivity index (χ4v) is 3.71. The molecule has 134 valence electrons. The molecule has 1 aromatic heterocycles. The van der Waals surface area contributed by atoms with Gasteiger partial charge in [-0.1, -0.05) is 41.9 Å². The summed E-state index contributed by atoms with van der Waals surface area (Å²) >= 11 is 7.88. The summed E-state index contributed by atoms with van der Waals surface area (Å²) in [4.78, 5) is 18.8. The van der Waals surface area contributed by atoms with E-state index in [1.54, 1.807) is 11.3 Å². The first-order valence-electron chi connectivity index (χ1n) is 8.21. The number of rotatable bonds is 5. The monoisotopic (exact) mass is 385 g/mol. The predicted molar refractivity (Wildman–Crippen MR) is 110 cm³/mol. The van der Waals surface area contributed by atoms with E-state index in [-0.39, 0.29) is 5.91 Å². The van der Waals surface area contributed by atoms with Crippen LogP contribution in [0.1, 0.15) is 10.6 Å². The van der Waals surface area contributed by atoms with Crippen LogP contribution in [0.15, 0.2) is 47.8 Å². The Balaban J connectivity index is 1.70. The summed E-state index contributed by atoms with van der Waals surface area (Å²) in [5.41, 5.74) is 4.49. The normalized spacial score (nSPS) is 10.6. The van der Waals surface area contributed by atoms with Crippen LogP contribution in [0, 0.1) is 6.92 Å². The molecule has 0 saturated carbocycles. The molecule has 3 aromatic rings. The summed E-state index contributed by atoms with van der Waals surface area (Å²) in [6.07, 6.45) is 0.301. The van der Waals surface area contributed by atoms with Crippen molar-refractivity contribution >= 4 is 40.2 Å². The molecule has 0 fully saturated rings. The standard InChI is InChI=1S/C20H20ClN3OS/c1-13-22-18(12-26-13)15-9-7-14(8-10-15)11-19(25)23-17-6-4-5-16(21)20(17)24(2)3/h4-10,12H,11H2,1-3H3,(H,23,25). The predicted octanol–water partition coefficient (Wildman–Crippen LogP) is 5.02. The van der Waals surface area contributed by atoms with Gasteiger partial charge in [0, 0.05) is 25.0 Å². The topological polar surface area (TPSA) is 45.2 Å². The van der Waals surface area contributed by atoms with Crippen LogP contribution >= 0.6 is 22.9 Å². The van der Waals surface area contributed by atoms with Crippen molar-refractivity contribution in [3.05, 3.63) is 63.4 Å². The number of carbonyl (C=O) groups is 1. The maximum absolute atomic E-state index is 12.4. The van der Waals surface area contributed by atoms with E-state index in [9.17, 15) is 4.79 Å². The van der Waals surface area contributed by atoms with Gasteiger partial charge in [0.25, 0.3) is 0 Å². The summed E-state index contributed by atoms with van der Waals surface area (Å²) in [5.74, 6) is -0.0763. The number of amides is 1. The first kappa shape index (κ1) is 18.4. The zero-order valence-electron chi connectivity index (χ0n) is 14.9. The summed E-state index contributed by atoms with van der Waals surface area (Å²) < 4.78 is 0. The van der Waals surface area contributed by atoms with Gasteiger partial charge in [-0.15, -0.1) is 11.3 Å². The lowest BCUT2D eigenvalue weighted by Gasteiger charge is -2.19. The highest BCUT2D eigenvalue weighted by Gasteiger charge is 2.12. The molecule has 6 heteroatoms. The quantitative estimate of drug-likeness (QED) is 0.670. The number of benzene rings is 2. The van der Waals surface area contributed by atoms with Crippen LogP contribution in [0.25, 0.3) is 11.3 Å². The zero-order chi connectivity index (χ0) is 18.7. The number of halogens is 1. The molecule has 0 bridgehead atoms. The average Bonchev–Trinajstić information content (AvgIpc) is 3.01. The Morgan fingerprint density at radius 2 is 1.92 bits per heavy atom. The molecule has 0 aliphatic carbocycles. The third-order valence-electron chi connectivity index (χ3n) is 3.94. The van der Waals surface area contributed by atoms with E-state index in [1.165, 1.54) is 0 Å². The fraction of sp³-hybridized carbons (Fsp3) is 0.200. The van der Waals surface area contributed by atoms with Crippen molar-refractivity contribution in [1.82, 2.24) is 4.98 Å². The molecule has 2 aromatic carbocycles. The molecule has 1 amide bonds. The summed E-state index contributed by atoms with van der Waals surface area (Å²) in [5, 5.41) is 6.65. The van der Waals surface area contributed by atoms with Crippen molar-refractivity contribution in [3.63, 3.8) is 0 Å². The Morgan fingerprint density at radius 1 is 1.19 bits per heavy atom. The number of nitrogens with zero attached hydrogens (tertiary/aromatic N) is 2. The van der Waals surface area contributed by atoms with Crippen LogP contribution in [0.2, 0.25) is 5.02 Å². The molecule has 1 heterocycles. The number of anilines is 2. The number of carbonyl (C=O) groups excluding carboxylic acids is 1. The van der Waals surface area contributed by atoms with Gasteiger partial charge in [-0.3, -0.25) is 4.79 Å². The number of para-hydroxylation sites is 1. The van der Waals surface area contributed by atoms with Gasteiger partial charge in [-0.2, -0.15) is 0 Å². The van der Waals surface area contributed by atoms with E-state index >= 15 is 0 Å².